The normalized spacial score (nSPS) is 25.7. The van der Waals surface area contributed by atoms with Crippen LogP contribution in [-0.2, 0) is 68.0 Å². The first-order valence-corrected chi connectivity index (χ1v) is 53.4. The maximum Gasteiger partial charge on any atom is 0.255 e. The molecule has 6 aromatic carbocycles. The monoisotopic (exact) mass is 1960 g/mol. The van der Waals surface area contributed by atoms with Gasteiger partial charge in [-0.3, -0.25) is 57.5 Å². The summed E-state index contributed by atoms with van der Waals surface area (Å²) in [6, 6.07) is 19.1. The number of benzene rings is 6. The fourth-order valence-electron chi connectivity index (χ4n) is 27.3. The highest BCUT2D eigenvalue weighted by atomic mass is 19.1. The average molecular weight is 1960 g/mol. The number of Topliss-reactive ketones (excluding diaryl/α,β-unsaturated/α-hetero) is 6. The lowest BCUT2D eigenvalue weighted by molar-refractivity contribution is -0.130. The van der Waals surface area contributed by atoms with Gasteiger partial charge in [-0.15, -0.1) is 0 Å². The van der Waals surface area contributed by atoms with Crippen molar-refractivity contribution in [1.29, 1.82) is 0 Å². The molecule has 24 rings (SSSR count). The van der Waals surface area contributed by atoms with Crippen molar-refractivity contribution in [2.75, 3.05) is 0 Å². The van der Waals surface area contributed by atoms with E-state index in [2.05, 4.69) is 45.5 Å². The summed E-state index contributed by atoms with van der Waals surface area (Å²) in [7, 11) is 0. The van der Waals surface area contributed by atoms with Gasteiger partial charge in [-0.05, 0) is 330 Å². The number of nitrogens with zero attached hydrogens (tertiary/aromatic N) is 6. The highest BCUT2D eigenvalue weighted by Gasteiger charge is 2.52. The zero-order chi connectivity index (χ0) is 101. The van der Waals surface area contributed by atoms with E-state index in [0.29, 0.717) is 167 Å². The Labute approximate surface area is 842 Å². The Balaban J connectivity index is 0.000000109. The van der Waals surface area contributed by atoms with Gasteiger partial charge in [0.25, 0.3) is 35.4 Å². The van der Waals surface area contributed by atoms with Crippen molar-refractivity contribution in [3.63, 3.8) is 0 Å². The molecule has 144 heavy (non-hydrogen) atoms. The summed E-state index contributed by atoms with van der Waals surface area (Å²) in [6.07, 6.45) is 36.3. The Bertz CT molecular complexity index is 6370. The van der Waals surface area contributed by atoms with Gasteiger partial charge >= 0.3 is 0 Å². The zero-order valence-corrected chi connectivity index (χ0v) is 83.7. The lowest BCUT2D eigenvalue weighted by Crippen LogP contribution is -2.54. The number of amides is 6. The molecular formula is C121H135F5N6O12. The van der Waals surface area contributed by atoms with Crippen LogP contribution < -0.4 is 0 Å². The van der Waals surface area contributed by atoms with E-state index in [0.717, 1.165) is 255 Å². The lowest BCUT2D eigenvalue weighted by atomic mass is 9.78. The summed E-state index contributed by atoms with van der Waals surface area (Å²) in [4.78, 5) is 162. The second kappa shape index (κ2) is 42.0. The Kier molecular flexibility index (Phi) is 29.4. The first kappa shape index (κ1) is 101. The van der Waals surface area contributed by atoms with Crippen molar-refractivity contribution in [3.8, 4) is 0 Å². The summed E-state index contributed by atoms with van der Waals surface area (Å²) in [5.41, 5.74) is 20.2. The minimum absolute atomic E-state index is 0.0470. The van der Waals surface area contributed by atoms with E-state index in [1.807, 2.05) is 30.9 Å². The molecule has 18 nitrogen and oxygen atoms in total. The summed E-state index contributed by atoms with van der Waals surface area (Å²) in [6.45, 7) is 30.1. The second-order valence-corrected chi connectivity index (χ2v) is 45.0. The van der Waals surface area contributed by atoms with Gasteiger partial charge in [-0.1, -0.05) is 163 Å². The number of fused-ring (bicyclic) bond motifs is 6. The Morgan fingerprint density at radius 2 is 0.549 bits per heavy atom. The van der Waals surface area contributed by atoms with Crippen LogP contribution in [0.15, 0.2) is 152 Å². The Morgan fingerprint density at radius 1 is 0.278 bits per heavy atom. The van der Waals surface area contributed by atoms with Crippen molar-refractivity contribution in [3.05, 3.63) is 281 Å². The summed E-state index contributed by atoms with van der Waals surface area (Å²) < 4.78 is 70.5. The third-order valence-electron chi connectivity index (χ3n) is 35.2. The molecule has 0 aromatic heterocycles. The number of carbonyl (C=O) groups excluding carboxylic acids is 12. The van der Waals surface area contributed by atoms with Crippen LogP contribution in [0.4, 0.5) is 22.0 Å². The van der Waals surface area contributed by atoms with Gasteiger partial charge in [0.15, 0.2) is 34.7 Å². The molecular weight excluding hydrogens is 1820 g/mol. The molecule has 12 aliphatic carbocycles. The van der Waals surface area contributed by atoms with Gasteiger partial charge in [0, 0.05) is 111 Å². The van der Waals surface area contributed by atoms with Crippen molar-refractivity contribution in [1.82, 2.24) is 29.4 Å². The molecule has 6 heterocycles. The molecule has 0 spiro atoms. The fraction of sp³-hybridized carbons (Fsp3) is 0.504. The zero-order valence-electron chi connectivity index (χ0n) is 83.7. The van der Waals surface area contributed by atoms with E-state index in [9.17, 15) is 79.5 Å². The van der Waals surface area contributed by atoms with E-state index in [-0.39, 0.29) is 129 Å². The summed E-state index contributed by atoms with van der Waals surface area (Å²) in [5, 5.41) is 0. The van der Waals surface area contributed by atoms with Gasteiger partial charge in [-0.25, -0.2) is 22.0 Å². The van der Waals surface area contributed by atoms with E-state index in [4.69, 9.17) is 0 Å². The van der Waals surface area contributed by atoms with Crippen LogP contribution in [0.25, 0.3) is 0 Å². The quantitative estimate of drug-likeness (QED) is 0.0824. The van der Waals surface area contributed by atoms with E-state index in [1.54, 1.807) is 54.8 Å². The smallest absolute Gasteiger partial charge is 0.255 e. The first-order chi connectivity index (χ1) is 69.1. The van der Waals surface area contributed by atoms with Crippen molar-refractivity contribution >= 4 is 70.1 Å². The second-order valence-electron chi connectivity index (χ2n) is 45.0. The molecule has 756 valence electrons. The van der Waals surface area contributed by atoms with Crippen LogP contribution >= 0.6 is 0 Å². The number of carbonyl (C=O) groups is 12. The topological polar surface area (TPSA) is 224 Å². The fourth-order valence-corrected chi connectivity index (χ4v) is 27.3. The highest BCUT2D eigenvalue weighted by molar-refractivity contribution is 6.08. The number of hydrogen-bond donors (Lipinski definition) is 0. The molecule has 6 amide bonds. The van der Waals surface area contributed by atoms with Gasteiger partial charge in [0.05, 0.1) is 35.7 Å². The molecule has 12 saturated carbocycles. The van der Waals surface area contributed by atoms with Gasteiger partial charge in [0.2, 0.25) is 0 Å². The molecule has 12 fully saturated rings. The minimum Gasteiger partial charge on any atom is -0.324 e. The molecule has 0 saturated heterocycles. The molecule has 6 aliphatic heterocycles. The van der Waals surface area contributed by atoms with Crippen LogP contribution in [0, 0.1) is 35.0 Å². The molecule has 0 bridgehead atoms. The largest absolute Gasteiger partial charge is 0.324 e. The molecule has 6 aromatic rings. The standard InChI is InChI=1S/3C21H24FNO2.C20H22FNO2.C20H23NO2.C18H18FNO2/c1-12-7-13(2)20(19(24)8-12)23-11-18-16(14-5-3-4-6-14)9-15(22)10-17(18)21(23)25;1-13-7-8-21(2,19(24)9-13)23-12-18-16(14-5-3-4-6-14)10-15(22)11-17(18)20(23)25;1-13-7-8-19(20(24)9-13)23-12-18-16(14-5-3-2-4-6-14)10-15(22)11-17(18)21(23)25;1-12-6-7-18(19(23)8-12)22-11-17-15(13-4-2-3-5-13)9-14(21)10-16(17)20(22)24;1-13-9-10-18(19(22)11-13)21-12-17-15(14-5-2-3-6-14)7-4-8-16(17)20(21)23;1-10-2-5-16(17(21)6-10)20-9-15-13(11-3-4-11)7-12(19)8-14(15)18(20)22/h9-10,13-14,20H,1,3-8,11H2,2H3;10-11,14H,1,3-9,12H2,2H3;10-11,14,19H,1-9,12H2;9-10,13,18H,1-8,11H2;4,7-8,14,18H,1-3,5-6,9-12H2;7-8,11,16H,1-6,9H2. The third-order valence-corrected chi connectivity index (χ3v) is 35.2. The maximum absolute atomic E-state index is 14.2. The lowest BCUT2D eigenvalue weighted by Gasteiger charge is -2.40. The van der Waals surface area contributed by atoms with Crippen molar-refractivity contribution in [2.24, 2.45) is 5.92 Å². The first-order valence-electron chi connectivity index (χ1n) is 53.4. The Hall–Kier alpha value is -11.8. The van der Waals surface area contributed by atoms with E-state index < -0.39 is 11.6 Å². The van der Waals surface area contributed by atoms with Crippen LogP contribution in [0.5, 0.6) is 0 Å². The van der Waals surface area contributed by atoms with Crippen molar-refractivity contribution < 1.29 is 79.5 Å². The van der Waals surface area contributed by atoms with Gasteiger partial charge < -0.3 is 29.4 Å². The molecule has 23 heteroatoms. The maximum atomic E-state index is 14.2. The average Bonchev–Trinajstić information content (AvgIpc) is 1.58. The van der Waals surface area contributed by atoms with E-state index in [1.165, 1.54) is 73.6 Å². The van der Waals surface area contributed by atoms with Crippen molar-refractivity contribution in [2.45, 2.75) is 381 Å². The van der Waals surface area contributed by atoms with E-state index >= 15 is 0 Å². The van der Waals surface area contributed by atoms with Crippen LogP contribution in [-0.4, -0.2) is 135 Å². The van der Waals surface area contributed by atoms with Gasteiger partial charge in [-0.2, -0.15) is 0 Å². The summed E-state index contributed by atoms with van der Waals surface area (Å²) in [5.74, 6) is 0.278. The summed E-state index contributed by atoms with van der Waals surface area (Å²) >= 11 is 0. The number of hydrogen-bond acceptors (Lipinski definition) is 12. The van der Waals surface area contributed by atoms with Crippen LogP contribution in [0.2, 0.25) is 0 Å². The predicted molar refractivity (Wildman–Crippen MR) is 540 cm³/mol. The molecule has 7 atom stereocenters. The molecule has 7 unspecified atom stereocenters. The number of allylic oxidation sites excluding steroid dienone is 6. The minimum atomic E-state index is -0.805. The molecule has 0 radical (unpaired) electrons. The number of ketones is 6. The molecule has 0 N–H and O–H groups in total. The Morgan fingerprint density at radius 3 is 0.868 bits per heavy atom. The van der Waals surface area contributed by atoms with Crippen LogP contribution in [0.1, 0.15) is 435 Å². The SMILES string of the molecule is C=C1CC(=O)C(N2Cc3c(cc(F)cc3C3CCCC3)C2=O)C(C)C1.C=C1CCC(C)(N2Cc3c(cc(F)cc3C3CCCC3)C2=O)C(=O)C1.C=C1CCC(N2Cc3c(cc(F)cc3C3CC3)C2=O)C(=O)C1.C=C1CCC(N2Cc3c(cc(F)cc3C3CCCC3)C2=O)C(=O)C1.C=C1CCC(N2Cc3c(cc(F)cc3C3CCCCC3)C2=O)C(=O)C1.C=C1CCC(N2Cc3c(cccc3C3CCCC3)C2=O)C(=O)C1. The van der Waals surface area contributed by atoms with Crippen LogP contribution in [0.3, 0.4) is 0 Å². The predicted octanol–water partition coefficient (Wildman–Crippen LogP) is 24.8. The van der Waals surface area contributed by atoms with Gasteiger partial charge in [0.1, 0.15) is 29.1 Å². The number of rotatable bonds is 12. The number of halogens is 5. The highest BCUT2D eigenvalue weighted by Crippen LogP contribution is 2.51. The molecule has 18 aliphatic rings. The third kappa shape index (κ3) is 20.3.